The third-order valence-electron chi connectivity index (χ3n) is 2.78. The average molecular weight is 181 g/mol. The Bertz CT molecular complexity index is 213. The van der Waals surface area contributed by atoms with E-state index in [-0.39, 0.29) is 12.3 Å². The maximum Gasteiger partial charge on any atom is 0.304 e. The van der Waals surface area contributed by atoms with Crippen LogP contribution in [0.25, 0.3) is 0 Å². The molecular weight excluding hydrogens is 166 g/mol. The van der Waals surface area contributed by atoms with Crippen LogP contribution in [0.2, 0.25) is 0 Å². The van der Waals surface area contributed by atoms with Gasteiger partial charge in [0.1, 0.15) is 0 Å². The molecule has 0 heterocycles. The zero-order chi connectivity index (χ0) is 9.68. The van der Waals surface area contributed by atoms with Crippen LogP contribution in [0.4, 0.5) is 0 Å². The van der Waals surface area contributed by atoms with Crippen molar-refractivity contribution in [3.05, 3.63) is 0 Å². The van der Waals surface area contributed by atoms with E-state index >= 15 is 0 Å². The minimum absolute atomic E-state index is 0.0150. The number of carboxylic acid groups (broad SMARTS) is 1. The van der Waals surface area contributed by atoms with Crippen LogP contribution in [0, 0.1) is 23.2 Å². The smallest absolute Gasteiger partial charge is 0.304 e. The summed E-state index contributed by atoms with van der Waals surface area (Å²) in [6.07, 6.45) is 5.63. The van der Waals surface area contributed by atoms with Crippen LogP contribution >= 0.6 is 0 Å². The van der Waals surface area contributed by atoms with E-state index in [2.05, 4.69) is 6.07 Å². The molecule has 0 saturated heterocycles. The molecule has 1 aliphatic rings. The Morgan fingerprint density at radius 3 is 2.54 bits per heavy atom. The summed E-state index contributed by atoms with van der Waals surface area (Å²) in [4.78, 5) is 10.5. The molecule has 72 valence electrons. The van der Waals surface area contributed by atoms with Crippen LogP contribution in [0.3, 0.4) is 0 Å². The average Bonchev–Trinajstić information content (AvgIpc) is 2.15. The molecule has 1 saturated carbocycles. The van der Waals surface area contributed by atoms with Crippen molar-refractivity contribution in [2.24, 2.45) is 11.8 Å². The summed E-state index contributed by atoms with van der Waals surface area (Å²) < 4.78 is 0. The topological polar surface area (TPSA) is 61.1 Å². The lowest BCUT2D eigenvalue weighted by molar-refractivity contribution is -0.138. The van der Waals surface area contributed by atoms with Gasteiger partial charge in [-0.3, -0.25) is 4.79 Å². The Hall–Kier alpha value is -1.04. The van der Waals surface area contributed by atoms with Crippen molar-refractivity contribution >= 4 is 5.97 Å². The fourth-order valence-electron chi connectivity index (χ4n) is 2.04. The first-order chi connectivity index (χ1) is 6.24. The number of hydrogen-bond acceptors (Lipinski definition) is 2. The normalized spacial score (nSPS) is 20.5. The highest BCUT2D eigenvalue weighted by Crippen LogP contribution is 2.31. The van der Waals surface area contributed by atoms with E-state index in [4.69, 9.17) is 10.4 Å². The van der Waals surface area contributed by atoms with Crippen molar-refractivity contribution < 1.29 is 9.90 Å². The van der Waals surface area contributed by atoms with Gasteiger partial charge in [-0.15, -0.1) is 0 Å². The molecule has 3 heteroatoms. The van der Waals surface area contributed by atoms with Crippen molar-refractivity contribution in [1.29, 1.82) is 5.26 Å². The molecule has 0 unspecified atom stereocenters. The number of carbonyl (C=O) groups is 1. The fourth-order valence-corrected chi connectivity index (χ4v) is 2.04. The van der Waals surface area contributed by atoms with Gasteiger partial charge >= 0.3 is 5.97 Å². The zero-order valence-electron chi connectivity index (χ0n) is 7.70. The standard InChI is InChI=1S/C10H15NO2/c11-7-9(6-10(12)13)8-4-2-1-3-5-8/h8-9H,1-6H2,(H,12,13)/t9-/m0/s1. The third kappa shape index (κ3) is 3.06. The molecule has 13 heavy (non-hydrogen) atoms. The number of nitriles is 1. The van der Waals surface area contributed by atoms with Gasteiger partial charge in [0.2, 0.25) is 0 Å². The van der Waals surface area contributed by atoms with E-state index in [1.165, 1.54) is 6.42 Å². The summed E-state index contributed by atoms with van der Waals surface area (Å²) in [5.74, 6) is -0.787. The molecule has 0 aromatic heterocycles. The van der Waals surface area contributed by atoms with E-state index in [9.17, 15) is 4.79 Å². The van der Waals surface area contributed by atoms with E-state index in [1.54, 1.807) is 0 Å². The second-order valence-electron chi connectivity index (χ2n) is 3.73. The van der Waals surface area contributed by atoms with Crippen LogP contribution in [0.5, 0.6) is 0 Å². The van der Waals surface area contributed by atoms with Crippen molar-refractivity contribution in [1.82, 2.24) is 0 Å². The highest BCUT2D eigenvalue weighted by molar-refractivity contribution is 5.67. The first-order valence-electron chi connectivity index (χ1n) is 4.85. The third-order valence-corrected chi connectivity index (χ3v) is 2.78. The van der Waals surface area contributed by atoms with E-state index in [0.717, 1.165) is 25.7 Å². The lowest BCUT2D eigenvalue weighted by Gasteiger charge is -2.24. The number of nitrogens with zero attached hydrogens (tertiary/aromatic N) is 1. The van der Waals surface area contributed by atoms with Crippen LogP contribution < -0.4 is 0 Å². The number of aliphatic carboxylic acids is 1. The molecule has 1 N–H and O–H groups in total. The second-order valence-corrected chi connectivity index (χ2v) is 3.73. The van der Waals surface area contributed by atoms with Crippen molar-refractivity contribution in [3.8, 4) is 6.07 Å². The lowest BCUT2D eigenvalue weighted by atomic mass is 9.79. The van der Waals surface area contributed by atoms with Gasteiger partial charge in [0.25, 0.3) is 0 Å². The number of hydrogen-bond donors (Lipinski definition) is 1. The Morgan fingerprint density at radius 2 is 2.08 bits per heavy atom. The Morgan fingerprint density at radius 1 is 1.46 bits per heavy atom. The summed E-state index contributed by atoms with van der Waals surface area (Å²) in [5, 5.41) is 17.4. The van der Waals surface area contributed by atoms with Gasteiger partial charge < -0.3 is 5.11 Å². The van der Waals surface area contributed by atoms with E-state index in [1.807, 2.05) is 0 Å². The second kappa shape index (κ2) is 4.86. The quantitative estimate of drug-likeness (QED) is 0.725. The van der Waals surface area contributed by atoms with Crippen molar-refractivity contribution in [2.45, 2.75) is 38.5 Å². The number of carboxylic acids is 1. The van der Waals surface area contributed by atoms with Gasteiger partial charge in [-0.25, -0.2) is 0 Å². The highest BCUT2D eigenvalue weighted by Gasteiger charge is 2.25. The van der Waals surface area contributed by atoms with E-state index < -0.39 is 5.97 Å². The minimum atomic E-state index is -0.850. The predicted molar refractivity (Wildman–Crippen MR) is 47.9 cm³/mol. The molecule has 0 aromatic carbocycles. The number of rotatable bonds is 3. The summed E-state index contributed by atoms with van der Waals surface area (Å²) in [7, 11) is 0. The summed E-state index contributed by atoms with van der Waals surface area (Å²) in [5.41, 5.74) is 0. The molecule has 0 bridgehead atoms. The van der Waals surface area contributed by atoms with Crippen LogP contribution in [0.1, 0.15) is 38.5 Å². The van der Waals surface area contributed by atoms with Gasteiger partial charge in [0, 0.05) is 0 Å². The first kappa shape index (κ1) is 10.0. The minimum Gasteiger partial charge on any atom is -0.481 e. The van der Waals surface area contributed by atoms with Crippen LogP contribution in [-0.4, -0.2) is 11.1 Å². The lowest BCUT2D eigenvalue weighted by Crippen LogP contribution is -2.19. The van der Waals surface area contributed by atoms with Crippen LogP contribution in [-0.2, 0) is 4.79 Å². The van der Waals surface area contributed by atoms with Gasteiger partial charge in [0.15, 0.2) is 0 Å². The molecule has 0 amide bonds. The summed E-state index contributed by atoms with van der Waals surface area (Å²) in [6.45, 7) is 0. The SMILES string of the molecule is N#C[C@H](CC(=O)O)C1CCCCC1. The predicted octanol–water partition coefficient (Wildman–Crippen LogP) is 2.18. The molecule has 0 radical (unpaired) electrons. The molecule has 0 spiro atoms. The highest BCUT2D eigenvalue weighted by atomic mass is 16.4. The molecular formula is C10H15NO2. The zero-order valence-corrected chi connectivity index (χ0v) is 7.70. The maximum absolute atomic E-state index is 10.5. The molecule has 1 atom stereocenters. The molecule has 0 aromatic rings. The molecule has 1 fully saturated rings. The summed E-state index contributed by atoms with van der Waals surface area (Å²) in [6, 6.07) is 2.12. The Balaban J connectivity index is 2.45. The van der Waals surface area contributed by atoms with Crippen molar-refractivity contribution in [2.75, 3.05) is 0 Å². The van der Waals surface area contributed by atoms with Gasteiger partial charge in [0.05, 0.1) is 18.4 Å². The van der Waals surface area contributed by atoms with Gasteiger partial charge in [-0.05, 0) is 18.8 Å². The first-order valence-corrected chi connectivity index (χ1v) is 4.85. The Kier molecular flexibility index (Phi) is 3.75. The summed E-state index contributed by atoms with van der Waals surface area (Å²) >= 11 is 0. The largest absolute Gasteiger partial charge is 0.481 e. The van der Waals surface area contributed by atoms with Gasteiger partial charge in [-0.2, -0.15) is 5.26 Å². The monoisotopic (exact) mass is 181 g/mol. The van der Waals surface area contributed by atoms with E-state index in [0.29, 0.717) is 5.92 Å². The van der Waals surface area contributed by atoms with Crippen molar-refractivity contribution in [3.63, 3.8) is 0 Å². The van der Waals surface area contributed by atoms with Gasteiger partial charge in [-0.1, -0.05) is 19.3 Å². The van der Waals surface area contributed by atoms with Crippen LogP contribution in [0.15, 0.2) is 0 Å². The molecule has 3 nitrogen and oxygen atoms in total. The maximum atomic E-state index is 10.5. The molecule has 0 aliphatic heterocycles. The fraction of sp³-hybridized carbons (Fsp3) is 0.800. The molecule has 1 aliphatic carbocycles. The molecule has 1 rings (SSSR count). The Labute approximate surface area is 78.4 Å².